The average molecular weight is 686 g/mol. The van der Waals surface area contributed by atoms with Crippen molar-refractivity contribution in [2.75, 3.05) is 50.0 Å². The highest BCUT2D eigenvalue weighted by molar-refractivity contribution is 7.23. The molecule has 0 radical (unpaired) electrons. The Morgan fingerprint density at radius 3 is 2.51 bits per heavy atom. The summed E-state index contributed by atoms with van der Waals surface area (Å²) in [5.74, 6) is -3.41. The number of hydrogen-bond donors (Lipinski definition) is 2. The van der Waals surface area contributed by atoms with Crippen molar-refractivity contribution in [3.05, 3.63) is 40.4 Å². The molecule has 246 valence electrons. The van der Waals surface area contributed by atoms with Crippen LogP contribution in [0.4, 0.5) is 28.4 Å². The molecule has 1 aliphatic carbocycles. The van der Waals surface area contributed by atoms with Gasteiger partial charge < -0.3 is 25.6 Å². The Morgan fingerprint density at radius 2 is 1.83 bits per heavy atom. The maximum absolute atomic E-state index is 16.9. The highest BCUT2D eigenvalue weighted by Crippen LogP contribution is 2.48. The first-order valence-corrected chi connectivity index (χ1v) is 17.1. The van der Waals surface area contributed by atoms with E-state index in [2.05, 4.69) is 20.1 Å². The molecule has 3 N–H and O–H groups in total. The molecule has 14 heteroatoms. The average Bonchev–Trinajstić information content (AvgIpc) is 3.60. The highest BCUT2D eigenvalue weighted by atomic mass is 35.5. The van der Waals surface area contributed by atoms with Crippen LogP contribution < -0.4 is 20.7 Å². The van der Waals surface area contributed by atoms with E-state index in [0.717, 1.165) is 37.0 Å². The number of piperazine rings is 1. The van der Waals surface area contributed by atoms with Crippen LogP contribution in [0.5, 0.6) is 6.01 Å². The Morgan fingerprint density at radius 1 is 1.11 bits per heavy atom. The fourth-order valence-corrected chi connectivity index (χ4v) is 8.69. The van der Waals surface area contributed by atoms with Crippen LogP contribution in [0.15, 0.2) is 18.2 Å². The number of nitrogens with one attached hydrogen (secondary N) is 1. The second kappa shape index (κ2) is 11.3. The molecule has 2 aromatic heterocycles. The van der Waals surface area contributed by atoms with E-state index in [1.165, 1.54) is 12.1 Å². The number of alkyl halides is 2. The number of halogens is 5. The Balaban J connectivity index is 1.20. The van der Waals surface area contributed by atoms with Gasteiger partial charge in [-0.2, -0.15) is 15.2 Å². The molecule has 3 aliphatic heterocycles. The minimum atomic E-state index is -2.61. The predicted molar refractivity (Wildman–Crippen MR) is 174 cm³/mol. The van der Waals surface area contributed by atoms with E-state index in [1.54, 1.807) is 6.07 Å². The molecule has 3 saturated heterocycles. The zero-order chi connectivity index (χ0) is 32.7. The number of fused-ring (bicyclic) bond motifs is 4. The minimum absolute atomic E-state index is 0.00225. The van der Waals surface area contributed by atoms with Crippen LogP contribution in [0, 0.1) is 28.4 Å². The molecule has 8 rings (SSSR count). The van der Waals surface area contributed by atoms with Gasteiger partial charge in [0.2, 0.25) is 0 Å². The number of piperidine rings is 1. The summed E-state index contributed by atoms with van der Waals surface area (Å²) >= 11 is 7.76. The Labute approximate surface area is 277 Å². The van der Waals surface area contributed by atoms with Gasteiger partial charge >= 0.3 is 6.01 Å². The summed E-state index contributed by atoms with van der Waals surface area (Å²) < 4.78 is 65.6. The summed E-state index contributed by atoms with van der Waals surface area (Å²) in [5.41, 5.74) is 6.14. The van der Waals surface area contributed by atoms with Crippen LogP contribution in [-0.2, 0) is 0 Å². The van der Waals surface area contributed by atoms with Crippen LogP contribution in [-0.4, -0.2) is 72.2 Å². The van der Waals surface area contributed by atoms with Crippen LogP contribution >= 0.6 is 22.9 Å². The van der Waals surface area contributed by atoms with Gasteiger partial charge in [0.15, 0.2) is 5.82 Å². The molecule has 2 unspecified atom stereocenters. The second-order valence-corrected chi connectivity index (χ2v) is 14.9. The van der Waals surface area contributed by atoms with Crippen molar-refractivity contribution in [1.82, 2.24) is 20.2 Å². The van der Waals surface area contributed by atoms with Crippen LogP contribution in [0.1, 0.15) is 44.1 Å². The Hall–Kier alpha value is -3.44. The molecule has 1 saturated carbocycles. The van der Waals surface area contributed by atoms with Crippen LogP contribution in [0.25, 0.3) is 32.1 Å². The van der Waals surface area contributed by atoms with Crippen molar-refractivity contribution >= 4 is 54.7 Å². The number of nitrogen functional groups attached to an aromatic ring is 1. The van der Waals surface area contributed by atoms with E-state index in [0.29, 0.717) is 43.9 Å². The van der Waals surface area contributed by atoms with Crippen molar-refractivity contribution < 1.29 is 22.3 Å². The maximum Gasteiger partial charge on any atom is 0.319 e. The third-order valence-electron chi connectivity index (χ3n) is 10.2. The topological polar surface area (TPSA) is 103 Å². The molecule has 2 bridgehead atoms. The molecule has 0 amide bonds. The lowest BCUT2D eigenvalue weighted by Crippen LogP contribution is -2.51. The lowest BCUT2D eigenvalue weighted by atomic mass is 9.97. The number of anilines is 2. The SMILES string of the molecule is N#Cc1c(N)sc2c(F)ccc(-c3c(Cl)cc4c(N5CC6CCC(C5)N6)nc(OCC5(CN6CCC(F)(F)CC6)CC5)nc4c3F)c12. The monoisotopic (exact) mass is 685 g/mol. The summed E-state index contributed by atoms with van der Waals surface area (Å²) in [6.45, 7) is 2.94. The molecule has 0 spiro atoms. The molecular formula is C33H32ClF4N7OS. The van der Waals surface area contributed by atoms with E-state index in [4.69, 9.17) is 27.1 Å². The number of aromatic nitrogens is 2. The molecule has 5 heterocycles. The standard InChI is InChI=1S/C33H32ClF4N7OS/c34-22-11-20-27(26(36)25(22)19-3-4-23(35)28-24(19)21(12-39)29(40)47-28)42-31(43-30(20)45-13-17-1-2-18(14-45)41-17)46-16-32(5-6-32)15-44-9-7-33(37,38)8-10-44/h3-4,11,17-18,41H,1-2,5-10,13-16,40H2. The van der Waals surface area contributed by atoms with Gasteiger partial charge in [-0.05, 0) is 43.4 Å². The third kappa shape index (κ3) is 5.53. The number of ether oxygens (including phenoxy) is 1. The number of thiophene rings is 1. The quantitative estimate of drug-likeness (QED) is 0.207. The molecule has 2 aromatic carbocycles. The highest BCUT2D eigenvalue weighted by Gasteiger charge is 2.47. The van der Waals surface area contributed by atoms with Crippen molar-refractivity contribution in [3.63, 3.8) is 0 Å². The zero-order valence-electron chi connectivity index (χ0n) is 25.4. The van der Waals surface area contributed by atoms with E-state index >= 15 is 4.39 Å². The lowest BCUT2D eigenvalue weighted by molar-refractivity contribution is -0.0591. The zero-order valence-corrected chi connectivity index (χ0v) is 27.0. The van der Waals surface area contributed by atoms with Gasteiger partial charge in [-0.3, -0.25) is 0 Å². The molecule has 4 aliphatic rings. The summed E-state index contributed by atoms with van der Waals surface area (Å²) in [6.07, 6.45) is 3.55. The van der Waals surface area contributed by atoms with E-state index in [-0.39, 0.29) is 85.3 Å². The molecule has 8 nitrogen and oxygen atoms in total. The number of nitriles is 1. The largest absolute Gasteiger partial charge is 0.463 e. The molecular weight excluding hydrogens is 654 g/mol. The van der Waals surface area contributed by atoms with Crippen molar-refractivity contribution in [2.45, 2.75) is 56.5 Å². The third-order valence-corrected chi connectivity index (χ3v) is 11.5. The van der Waals surface area contributed by atoms with Crippen LogP contribution in [0.3, 0.4) is 0 Å². The lowest BCUT2D eigenvalue weighted by Gasteiger charge is -2.35. The number of rotatable bonds is 7. The van der Waals surface area contributed by atoms with E-state index in [9.17, 15) is 18.4 Å². The number of likely N-dealkylation sites (tertiary alicyclic amines) is 1. The molecule has 47 heavy (non-hydrogen) atoms. The number of hydrogen-bond acceptors (Lipinski definition) is 9. The van der Waals surface area contributed by atoms with Gasteiger partial charge in [-0.25, -0.2) is 17.6 Å². The first kappa shape index (κ1) is 30.9. The van der Waals surface area contributed by atoms with Crippen molar-refractivity contribution in [2.24, 2.45) is 5.41 Å². The molecule has 2 atom stereocenters. The Kier molecular flexibility index (Phi) is 7.44. The van der Waals surface area contributed by atoms with Gasteiger partial charge in [0.25, 0.3) is 5.92 Å². The second-order valence-electron chi connectivity index (χ2n) is 13.5. The van der Waals surface area contributed by atoms with Gasteiger partial charge in [-0.1, -0.05) is 17.7 Å². The van der Waals surface area contributed by atoms with Gasteiger partial charge in [0, 0.05) is 79.4 Å². The fourth-order valence-electron chi connectivity index (χ4n) is 7.45. The molecule has 4 aromatic rings. The van der Waals surface area contributed by atoms with Gasteiger partial charge in [-0.15, -0.1) is 11.3 Å². The summed E-state index contributed by atoms with van der Waals surface area (Å²) in [5, 5.41) is 14.3. The van der Waals surface area contributed by atoms with E-state index < -0.39 is 17.6 Å². The maximum atomic E-state index is 16.9. The van der Waals surface area contributed by atoms with Gasteiger partial charge in [0.1, 0.15) is 28.2 Å². The smallest absolute Gasteiger partial charge is 0.319 e. The minimum Gasteiger partial charge on any atom is -0.463 e. The molecule has 4 fully saturated rings. The number of nitrogens with zero attached hydrogens (tertiary/aromatic N) is 5. The summed E-state index contributed by atoms with van der Waals surface area (Å²) in [7, 11) is 0. The predicted octanol–water partition coefficient (Wildman–Crippen LogP) is 6.73. The fraction of sp³-hybridized carbons (Fsp3) is 0.485. The van der Waals surface area contributed by atoms with E-state index in [1.807, 2.05) is 6.07 Å². The van der Waals surface area contributed by atoms with Crippen LogP contribution in [0.2, 0.25) is 5.02 Å². The first-order valence-electron chi connectivity index (χ1n) is 15.9. The van der Waals surface area contributed by atoms with Crippen molar-refractivity contribution in [1.29, 1.82) is 5.26 Å². The van der Waals surface area contributed by atoms with Gasteiger partial charge in [0.05, 0.1) is 21.9 Å². The normalized spacial score (nSPS) is 23.4. The number of benzene rings is 2. The summed E-state index contributed by atoms with van der Waals surface area (Å²) in [4.78, 5) is 13.6. The summed E-state index contributed by atoms with van der Waals surface area (Å²) in [6, 6.07) is 6.84. The first-order chi connectivity index (χ1) is 22.5. The van der Waals surface area contributed by atoms with Crippen molar-refractivity contribution in [3.8, 4) is 23.2 Å². The number of nitrogens with two attached hydrogens (primary N) is 1. The Bertz CT molecular complexity index is 1940.